The van der Waals surface area contributed by atoms with Crippen LogP contribution in [-0.2, 0) is 6.54 Å². The summed E-state index contributed by atoms with van der Waals surface area (Å²) in [4.78, 5) is 21.9. The summed E-state index contributed by atoms with van der Waals surface area (Å²) in [6, 6.07) is 5.92. The van der Waals surface area contributed by atoms with Crippen molar-refractivity contribution in [1.82, 2.24) is 14.9 Å². The number of hydrogen-bond donors (Lipinski definition) is 1. The van der Waals surface area contributed by atoms with Crippen LogP contribution in [0.3, 0.4) is 0 Å². The maximum absolute atomic E-state index is 12.2. The third kappa shape index (κ3) is 4.96. The summed E-state index contributed by atoms with van der Waals surface area (Å²) >= 11 is 0.462. The lowest BCUT2D eigenvalue weighted by molar-refractivity contribution is 0.220. The fraction of sp³-hybridized carbons (Fsp3) is 0.214. The van der Waals surface area contributed by atoms with E-state index in [0.29, 0.717) is 34.6 Å². The van der Waals surface area contributed by atoms with Crippen molar-refractivity contribution < 1.29 is 13.6 Å². The average Bonchev–Trinajstić information content (AvgIpc) is 2.49. The number of rotatable bonds is 5. The normalized spacial score (nSPS) is 10.5. The van der Waals surface area contributed by atoms with Gasteiger partial charge in [0.25, 0.3) is 5.76 Å². The maximum Gasteiger partial charge on any atom is 0.321 e. The molecule has 0 saturated carbocycles. The molecule has 0 aliphatic heterocycles. The molecule has 8 heteroatoms. The van der Waals surface area contributed by atoms with E-state index in [4.69, 9.17) is 0 Å². The number of urea groups is 1. The number of carbonyl (C=O) groups excluding carboxylic acids is 1. The Morgan fingerprint density at radius 3 is 2.64 bits per heavy atom. The van der Waals surface area contributed by atoms with E-state index in [1.54, 1.807) is 37.8 Å². The number of anilines is 1. The van der Waals surface area contributed by atoms with Crippen molar-refractivity contribution >= 4 is 23.5 Å². The molecule has 1 aromatic carbocycles. The van der Waals surface area contributed by atoms with Crippen LogP contribution in [0.1, 0.15) is 5.69 Å². The lowest BCUT2D eigenvalue weighted by Crippen LogP contribution is -2.31. The molecular formula is C14H14F2N4OS. The van der Waals surface area contributed by atoms with E-state index in [0.717, 1.165) is 0 Å². The van der Waals surface area contributed by atoms with E-state index in [-0.39, 0.29) is 6.03 Å². The number of carbonyl (C=O) groups is 1. The molecule has 1 N–H and O–H groups in total. The van der Waals surface area contributed by atoms with Crippen LogP contribution in [-0.4, -0.2) is 33.7 Å². The van der Waals surface area contributed by atoms with Gasteiger partial charge >= 0.3 is 6.03 Å². The number of alkyl halides is 2. The van der Waals surface area contributed by atoms with Gasteiger partial charge in [-0.15, -0.1) is 0 Å². The third-order valence-electron chi connectivity index (χ3n) is 2.69. The molecule has 0 saturated heterocycles. The molecule has 2 aromatic rings. The first-order chi connectivity index (χ1) is 10.5. The Bertz CT molecular complexity index is 610. The number of amides is 2. The van der Waals surface area contributed by atoms with Crippen LogP contribution in [0.4, 0.5) is 19.3 Å². The molecule has 2 rings (SSSR count). The molecule has 5 nitrogen and oxygen atoms in total. The Morgan fingerprint density at radius 2 is 2.05 bits per heavy atom. The summed E-state index contributed by atoms with van der Waals surface area (Å²) in [6.07, 6.45) is 4.70. The van der Waals surface area contributed by atoms with E-state index in [1.165, 1.54) is 17.0 Å². The molecule has 0 aliphatic rings. The summed E-state index contributed by atoms with van der Waals surface area (Å²) in [5, 5.41) is 2.68. The SMILES string of the molecule is CN(Cc1cnccn1)C(=O)Nc1ccc(SC(F)F)cc1. The second-order valence-corrected chi connectivity index (χ2v) is 5.45. The van der Waals surface area contributed by atoms with Crippen molar-refractivity contribution in [2.45, 2.75) is 17.2 Å². The molecular weight excluding hydrogens is 310 g/mol. The zero-order valence-electron chi connectivity index (χ0n) is 11.7. The molecule has 116 valence electrons. The second-order valence-electron chi connectivity index (χ2n) is 4.39. The summed E-state index contributed by atoms with van der Waals surface area (Å²) in [5.74, 6) is -2.46. The Morgan fingerprint density at radius 1 is 1.32 bits per heavy atom. The highest BCUT2D eigenvalue weighted by Gasteiger charge is 2.10. The van der Waals surface area contributed by atoms with Gasteiger partial charge in [0.15, 0.2) is 0 Å². The van der Waals surface area contributed by atoms with Gasteiger partial charge in [-0.3, -0.25) is 9.97 Å². The van der Waals surface area contributed by atoms with Gasteiger partial charge in [-0.2, -0.15) is 8.78 Å². The van der Waals surface area contributed by atoms with Gasteiger partial charge in [-0.05, 0) is 24.3 Å². The first-order valence-electron chi connectivity index (χ1n) is 6.36. The van der Waals surface area contributed by atoms with Crippen LogP contribution >= 0.6 is 11.8 Å². The Hall–Kier alpha value is -2.22. The monoisotopic (exact) mass is 324 g/mol. The highest BCUT2D eigenvalue weighted by atomic mass is 32.2. The number of halogens is 2. The zero-order valence-corrected chi connectivity index (χ0v) is 12.6. The van der Waals surface area contributed by atoms with Gasteiger partial charge in [0.2, 0.25) is 0 Å². The number of hydrogen-bond acceptors (Lipinski definition) is 4. The summed E-state index contributed by atoms with van der Waals surface area (Å²) < 4.78 is 24.4. The minimum absolute atomic E-state index is 0.318. The summed E-state index contributed by atoms with van der Waals surface area (Å²) in [5.41, 5.74) is 1.21. The minimum Gasteiger partial charge on any atom is -0.322 e. The van der Waals surface area contributed by atoms with Gasteiger partial charge in [0.05, 0.1) is 18.4 Å². The molecule has 22 heavy (non-hydrogen) atoms. The maximum atomic E-state index is 12.2. The predicted molar refractivity (Wildman–Crippen MR) is 80.8 cm³/mol. The van der Waals surface area contributed by atoms with E-state index in [1.807, 2.05) is 0 Å². The molecule has 0 radical (unpaired) electrons. The van der Waals surface area contributed by atoms with Crippen LogP contribution in [0.5, 0.6) is 0 Å². The summed E-state index contributed by atoms with van der Waals surface area (Å²) in [7, 11) is 1.63. The molecule has 0 unspecified atom stereocenters. The third-order valence-corrected chi connectivity index (χ3v) is 3.42. The molecule has 1 heterocycles. The van der Waals surface area contributed by atoms with E-state index in [9.17, 15) is 13.6 Å². The van der Waals surface area contributed by atoms with Gasteiger partial charge in [-0.1, -0.05) is 11.8 Å². The highest BCUT2D eigenvalue weighted by Crippen LogP contribution is 2.26. The molecule has 0 aliphatic carbocycles. The van der Waals surface area contributed by atoms with Gasteiger partial charge in [0, 0.05) is 30.0 Å². The number of nitrogens with zero attached hydrogens (tertiary/aromatic N) is 3. The fourth-order valence-electron chi connectivity index (χ4n) is 1.67. The van der Waals surface area contributed by atoms with Crippen molar-refractivity contribution in [3.05, 3.63) is 48.5 Å². The second kappa shape index (κ2) is 7.69. The highest BCUT2D eigenvalue weighted by molar-refractivity contribution is 7.99. The van der Waals surface area contributed by atoms with Crippen molar-refractivity contribution in [1.29, 1.82) is 0 Å². The van der Waals surface area contributed by atoms with Crippen LogP contribution in [0.25, 0.3) is 0 Å². The van der Waals surface area contributed by atoms with E-state index in [2.05, 4.69) is 15.3 Å². The Labute approximate surface area is 130 Å². The van der Waals surface area contributed by atoms with E-state index >= 15 is 0 Å². The molecule has 0 spiro atoms. The number of nitrogens with one attached hydrogen (secondary N) is 1. The Balaban J connectivity index is 1.90. The Kier molecular flexibility index (Phi) is 5.65. The lowest BCUT2D eigenvalue weighted by Gasteiger charge is -2.17. The number of thioether (sulfide) groups is 1. The van der Waals surface area contributed by atoms with Gasteiger partial charge < -0.3 is 10.2 Å². The topological polar surface area (TPSA) is 58.1 Å². The van der Waals surface area contributed by atoms with Crippen molar-refractivity contribution in [3.8, 4) is 0 Å². The van der Waals surface area contributed by atoms with Gasteiger partial charge in [-0.25, -0.2) is 4.79 Å². The molecule has 0 fully saturated rings. The first kappa shape index (κ1) is 16.2. The van der Waals surface area contributed by atoms with E-state index < -0.39 is 5.76 Å². The molecule has 0 bridgehead atoms. The standard InChI is InChI=1S/C14H14F2N4OS/c1-20(9-11-8-17-6-7-18-11)14(21)19-10-2-4-12(5-3-10)22-13(15)16/h2-8,13H,9H2,1H3,(H,19,21). The molecule has 1 aromatic heterocycles. The smallest absolute Gasteiger partial charge is 0.321 e. The molecule has 2 amide bonds. The summed E-state index contributed by atoms with van der Waals surface area (Å²) in [6.45, 7) is 0.318. The fourth-order valence-corrected chi connectivity index (χ4v) is 2.16. The first-order valence-corrected chi connectivity index (χ1v) is 7.24. The minimum atomic E-state index is -2.46. The number of aromatic nitrogens is 2. The lowest BCUT2D eigenvalue weighted by atomic mass is 10.3. The van der Waals surface area contributed by atoms with Crippen molar-refractivity contribution in [2.75, 3.05) is 12.4 Å². The molecule has 0 atom stereocenters. The van der Waals surface area contributed by atoms with Crippen LogP contribution in [0.15, 0.2) is 47.8 Å². The average molecular weight is 324 g/mol. The van der Waals surface area contributed by atoms with Crippen molar-refractivity contribution in [2.24, 2.45) is 0 Å². The van der Waals surface area contributed by atoms with Crippen LogP contribution < -0.4 is 5.32 Å². The number of benzene rings is 1. The zero-order chi connectivity index (χ0) is 15.9. The largest absolute Gasteiger partial charge is 0.322 e. The van der Waals surface area contributed by atoms with Crippen LogP contribution in [0.2, 0.25) is 0 Å². The van der Waals surface area contributed by atoms with Crippen molar-refractivity contribution in [3.63, 3.8) is 0 Å². The van der Waals surface area contributed by atoms with Crippen LogP contribution in [0, 0.1) is 0 Å². The predicted octanol–water partition coefficient (Wildman–Crippen LogP) is 3.46. The quantitative estimate of drug-likeness (QED) is 0.856. The van der Waals surface area contributed by atoms with Gasteiger partial charge in [0.1, 0.15) is 0 Å².